The molecule has 0 atom stereocenters. The third-order valence-corrected chi connectivity index (χ3v) is 1.97. The van der Waals surface area contributed by atoms with Crippen LogP contribution in [0.5, 0.6) is 5.75 Å². The average Bonchev–Trinajstić information content (AvgIpc) is 2.16. The van der Waals surface area contributed by atoms with Crippen molar-refractivity contribution in [1.82, 2.24) is 0 Å². The molecular weight excluding hydrogens is 190 g/mol. The fourth-order valence-corrected chi connectivity index (χ4v) is 1.23. The lowest BCUT2D eigenvalue weighted by atomic mass is 10.1. The van der Waals surface area contributed by atoms with E-state index < -0.39 is 0 Å². The van der Waals surface area contributed by atoms with E-state index in [4.69, 9.17) is 22.1 Å². The maximum Gasteiger partial charge on any atom is 0.177 e. The number of ether oxygens (including phenoxy) is 1. The Morgan fingerprint density at radius 1 is 1.62 bits per heavy atom. The third kappa shape index (κ3) is 2.20. The second kappa shape index (κ2) is 4.25. The second-order valence-electron chi connectivity index (χ2n) is 2.47. The number of Topliss-reactive ketones (excluding diaryl/α,β-unsaturated/α-hetero) is 1. The Bertz CT molecular complexity index is 325. The van der Waals surface area contributed by atoms with Gasteiger partial charge in [0.2, 0.25) is 0 Å². The number of hydrogen-bond donors (Lipinski definition) is 1. The van der Waals surface area contributed by atoms with Crippen molar-refractivity contribution in [2.24, 2.45) is 5.73 Å². The van der Waals surface area contributed by atoms with Crippen molar-refractivity contribution in [3.8, 4) is 5.75 Å². The SMILES string of the molecule is COc1ccc(C(=O)CN)c(Cl)c1. The zero-order valence-corrected chi connectivity index (χ0v) is 7.97. The van der Waals surface area contributed by atoms with Crippen LogP contribution in [0.3, 0.4) is 0 Å². The topological polar surface area (TPSA) is 52.3 Å². The van der Waals surface area contributed by atoms with Gasteiger partial charge in [-0.3, -0.25) is 4.79 Å². The van der Waals surface area contributed by atoms with Crippen LogP contribution < -0.4 is 10.5 Å². The summed E-state index contributed by atoms with van der Waals surface area (Å²) in [5, 5.41) is 0.370. The highest BCUT2D eigenvalue weighted by Crippen LogP contribution is 2.22. The van der Waals surface area contributed by atoms with Crippen molar-refractivity contribution < 1.29 is 9.53 Å². The standard InChI is InChI=1S/C9H10ClNO2/c1-13-6-2-3-7(8(10)4-6)9(12)5-11/h2-4H,5,11H2,1H3. The molecule has 70 valence electrons. The number of benzene rings is 1. The van der Waals surface area contributed by atoms with E-state index in [1.165, 1.54) is 7.11 Å². The summed E-state index contributed by atoms with van der Waals surface area (Å²) in [6.07, 6.45) is 0. The number of methoxy groups -OCH3 is 1. The van der Waals surface area contributed by atoms with E-state index >= 15 is 0 Å². The van der Waals surface area contributed by atoms with Gasteiger partial charge >= 0.3 is 0 Å². The summed E-state index contributed by atoms with van der Waals surface area (Å²) in [7, 11) is 1.54. The molecule has 0 heterocycles. The van der Waals surface area contributed by atoms with Crippen molar-refractivity contribution in [1.29, 1.82) is 0 Å². The van der Waals surface area contributed by atoms with Crippen molar-refractivity contribution in [2.45, 2.75) is 0 Å². The fraction of sp³-hybridized carbons (Fsp3) is 0.222. The molecule has 1 aromatic carbocycles. The molecule has 0 bridgehead atoms. The average molecular weight is 200 g/mol. The van der Waals surface area contributed by atoms with Crippen molar-refractivity contribution in [3.05, 3.63) is 28.8 Å². The molecule has 0 fully saturated rings. The van der Waals surface area contributed by atoms with Gasteiger partial charge in [0.15, 0.2) is 5.78 Å². The Morgan fingerprint density at radius 3 is 2.77 bits per heavy atom. The molecule has 13 heavy (non-hydrogen) atoms. The highest BCUT2D eigenvalue weighted by atomic mass is 35.5. The molecule has 1 rings (SSSR count). The van der Waals surface area contributed by atoms with Gasteiger partial charge in [0.1, 0.15) is 5.75 Å². The van der Waals surface area contributed by atoms with Gasteiger partial charge in [-0.1, -0.05) is 11.6 Å². The van der Waals surface area contributed by atoms with Crippen molar-refractivity contribution >= 4 is 17.4 Å². The first kappa shape index (κ1) is 10.0. The number of carbonyl (C=O) groups excluding carboxylic acids is 1. The van der Waals surface area contributed by atoms with Crippen molar-refractivity contribution in [3.63, 3.8) is 0 Å². The van der Waals surface area contributed by atoms with E-state index in [1.54, 1.807) is 18.2 Å². The Balaban J connectivity index is 3.05. The number of hydrogen-bond acceptors (Lipinski definition) is 3. The minimum absolute atomic E-state index is 0.0357. The van der Waals surface area contributed by atoms with Gasteiger partial charge in [0.05, 0.1) is 18.7 Å². The van der Waals surface area contributed by atoms with Crippen LogP contribution in [0.1, 0.15) is 10.4 Å². The first-order valence-electron chi connectivity index (χ1n) is 3.76. The van der Waals surface area contributed by atoms with Crippen LogP contribution in [0, 0.1) is 0 Å². The van der Waals surface area contributed by atoms with E-state index in [2.05, 4.69) is 0 Å². The predicted molar refractivity (Wildman–Crippen MR) is 51.4 cm³/mol. The Hall–Kier alpha value is -1.06. The lowest BCUT2D eigenvalue weighted by Gasteiger charge is -2.03. The first-order chi connectivity index (χ1) is 6.19. The van der Waals surface area contributed by atoms with Gasteiger partial charge in [-0.2, -0.15) is 0 Å². The van der Waals surface area contributed by atoms with Crippen molar-refractivity contribution in [2.75, 3.05) is 13.7 Å². The predicted octanol–water partition coefficient (Wildman–Crippen LogP) is 1.49. The molecular formula is C9H10ClNO2. The number of halogens is 1. The van der Waals surface area contributed by atoms with Crippen LogP contribution in [-0.4, -0.2) is 19.4 Å². The molecule has 0 saturated carbocycles. The Kier molecular flexibility index (Phi) is 3.28. The maximum atomic E-state index is 11.2. The quantitative estimate of drug-likeness (QED) is 0.751. The van der Waals surface area contributed by atoms with Gasteiger partial charge in [0.25, 0.3) is 0 Å². The van der Waals surface area contributed by atoms with Crippen LogP contribution in [0.25, 0.3) is 0 Å². The van der Waals surface area contributed by atoms with Crippen LogP contribution in [-0.2, 0) is 0 Å². The summed E-state index contributed by atoms with van der Waals surface area (Å²) < 4.78 is 4.94. The van der Waals surface area contributed by atoms with Gasteiger partial charge in [0, 0.05) is 5.56 Å². The van der Waals surface area contributed by atoms with Gasteiger partial charge in [-0.25, -0.2) is 0 Å². The molecule has 0 unspecified atom stereocenters. The third-order valence-electron chi connectivity index (χ3n) is 1.66. The molecule has 0 spiro atoms. The summed E-state index contributed by atoms with van der Waals surface area (Å²) in [4.78, 5) is 11.2. The largest absolute Gasteiger partial charge is 0.497 e. The second-order valence-corrected chi connectivity index (χ2v) is 2.88. The van der Waals surface area contributed by atoms with E-state index in [-0.39, 0.29) is 12.3 Å². The number of ketones is 1. The van der Waals surface area contributed by atoms with E-state index in [1.807, 2.05) is 0 Å². The molecule has 2 N–H and O–H groups in total. The summed E-state index contributed by atoms with van der Waals surface area (Å²) in [6, 6.07) is 4.87. The fourth-order valence-electron chi connectivity index (χ4n) is 0.959. The molecule has 3 nitrogen and oxygen atoms in total. The van der Waals surface area contributed by atoms with Gasteiger partial charge in [-0.15, -0.1) is 0 Å². The van der Waals surface area contributed by atoms with Gasteiger partial charge in [-0.05, 0) is 18.2 Å². The van der Waals surface area contributed by atoms with Crippen LogP contribution in [0.2, 0.25) is 5.02 Å². The van der Waals surface area contributed by atoms with Gasteiger partial charge < -0.3 is 10.5 Å². The Labute approximate surface area is 81.4 Å². The van der Waals surface area contributed by atoms with E-state index in [0.717, 1.165) is 0 Å². The molecule has 0 saturated heterocycles. The molecule has 0 radical (unpaired) electrons. The van der Waals surface area contributed by atoms with E-state index in [0.29, 0.717) is 16.3 Å². The summed E-state index contributed by atoms with van der Waals surface area (Å²) in [5.74, 6) is 0.450. The summed E-state index contributed by atoms with van der Waals surface area (Å²) in [5.41, 5.74) is 5.64. The molecule has 0 aliphatic heterocycles. The molecule has 0 aliphatic rings. The van der Waals surface area contributed by atoms with E-state index in [9.17, 15) is 4.79 Å². The molecule has 0 amide bonds. The first-order valence-corrected chi connectivity index (χ1v) is 4.13. The minimum Gasteiger partial charge on any atom is -0.497 e. The normalized spacial score (nSPS) is 9.77. The highest BCUT2D eigenvalue weighted by molar-refractivity contribution is 6.34. The molecule has 4 heteroatoms. The number of nitrogens with two attached hydrogens (primary N) is 1. The molecule has 1 aromatic rings. The van der Waals surface area contributed by atoms with Crippen LogP contribution in [0.4, 0.5) is 0 Å². The smallest absolute Gasteiger partial charge is 0.177 e. The lowest BCUT2D eigenvalue weighted by molar-refractivity contribution is 0.100. The monoisotopic (exact) mass is 199 g/mol. The number of carbonyl (C=O) groups is 1. The molecule has 0 aromatic heterocycles. The zero-order valence-electron chi connectivity index (χ0n) is 7.21. The number of rotatable bonds is 3. The summed E-state index contributed by atoms with van der Waals surface area (Å²) in [6.45, 7) is -0.0357. The minimum atomic E-state index is -0.173. The van der Waals surface area contributed by atoms with Crippen LogP contribution >= 0.6 is 11.6 Å². The highest BCUT2D eigenvalue weighted by Gasteiger charge is 2.08. The lowest BCUT2D eigenvalue weighted by Crippen LogP contribution is -2.13. The molecule has 0 aliphatic carbocycles. The summed E-state index contributed by atoms with van der Waals surface area (Å²) >= 11 is 5.83. The van der Waals surface area contributed by atoms with Crippen LogP contribution in [0.15, 0.2) is 18.2 Å². The Morgan fingerprint density at radius 2 is 2.31 bits per heavy atom. The maximum absolute atomic E-state index is 11.2. The zero-order chi connectivity index (χ0) is 9.84.